The molecule has 0 aliphatic heterocycles. The first-order valence-corrected chi connectivity index (χ1v) is 8.50. The van der Waals surface area contributed by atoms with E-state index >= 15 is 0 Å². The topological polar surface area (TPSA) is 84.5 Å². The van der Waals surface area contributed by atoms with Crippen molar-refractivity contribution in [3.8, 4) is 0 Å². The summed E-state index contributed by atoms with van der Waals surface area (Å²) in [7, 11) is -2.70. The lowest BCUT2D eigenvalue weighted by molar-refractivity contribution is 0.177. The first-order valence-electron chi connectivity index (χ1n) is 5.90. The average molecular weight is 343 g/mol. The second-order valence-electron chi connectivity index (χ2n) is 4.40. The Morgan fingerprint density at radius 1 is 1.33 bits per heavy atom. The quantitative estimate of drug-likeness (QED) is 0.739. The highest BCUT2D eigenvalue weighted by Gasteiger charge is 2.26. The first-order chi connectivity index (χ1) is 8.48. The summed E-state index contributed by atoms with van der Waals surface area (Å²) in [4.78, 5) is 10.8. The van der Waals surface area contributed by atoms with E-state index in [0.29, 0.717) is 18.4 Å². The molecule has 0 aromatic rings. The molecule has 106 valence electrons. The average Bonchev–Trinajstić information content (AvgIpc) is 2.36. The molecule has 0 spiro atoms. The SMILES string of the molecule is COC(=O)NS(=O)(=O)NCC1CCCCC1CBr. The van der Waals surface area contributed by atoms with Gasteiger partial charge in [-0.1, -0.05) is 28.8 Å². The van der Waals surface area contributed by atoms with Crippen molar-refractivity contribution < 1.29 is 17.9 Å². The second-order valence-corrected chi connectivity index (χ2v) is 6.55. The van der Waals surface area contributed by atoms with Crippen LogP contribution in [0.5, 0.6) is 0 Å². The Morgan fingerprint density at radius 3 is 2.50 bits per heavy atom. The van der Waals surface area contributed by atoms with Crippen LogP contribution < -0.4 is 9.44 Å². The molecule has 6 nitrogen and oxygen atoms in total. The first kappa shape index (κ1) is 15.7. The van der Waals surface area contributed by atoms with Crippen molar-refractivity contribution >= 4 is 32.2 Å². The fourth-order valence-corrected chi connectivity index (χ4v) is 3.82. The molecule has 0 heterocycles. The van der Waals surface area contributed by atoms with Crippen molar-refractivity contribution in [3.63, 3.8) is 0 Å². The Labute approximate surface area is 116 Å². The minimum atomic E-state index is -3.81. The van der Waals surface area contributed by atoms with Gasteiger partial charge in [0.2, 0.25) is 0 Å². The number of amides is 1. The van der Waals surface area contributed by atoms with E-state index in [9.17, 15) is 13.2 Å². The van der Waals surface area contributed by atoms with Gasteiger partial charge in [-0.05, 0) is 24.7 Å². The van der Waals surface area contributed by atoms with Crippen LogP contribution in [0.4, 0.5) is 4.79 Å². The predicted molar refractivity (Wildman–Crippen MR) is 71.7 cm³/mol. The minimum Gasteiger partial charge on any atom is -0.452 e. The molecule has 2 unspecified atom stereocenters. The Bertz CT molecular complexity index is 374. The number of halogens is 1. The molecule has 8 heteroatoms. The van der Waals surface area contributed by atoms with Crippen LogP contribution in [0.25, 0.3) is 0 Å². The highest BCUT2D eigenvalue weighted by Crippen LogP contribution is 2.30. The third-order valence-corrected chi connectivity index (χ3v) is 5.02. The number of methoxy groups -OCH3 is 1. The fourth-order valence-electron chi connectivity index (χ4n) is 2.16. The molecule has 1 aliphatic carbocycles. The molecule has 1 amide bonds. The standard InChI is InChI=1S/C10H19BrN2O4S/c1-17-10(14)13-18(15,16)12-7-9-5-3-2-4-8(9)6-11/h8-9,12H,2-7H2,1H3,(H,13,14). The van der Waals surface area contributed by atoms with Gasteiger partial charge in [0.1, 0.15) is 0 Å². The van der Waals surface area contributed by atoms with Crippen molar-refractivity contribution in [2.24, 2.45) is 11.8 Å². The van der Waals surface area contributed by atoms with Gasteiger partial charge in [-0.15, -0.1) is 0 Å². The van der Waals surface area contributed by atoms with E-state index in [0.717, 1.165) is 31.7 Å². The number of alkyl halides is 1. The van der Waals surface area contributed by atoms with Gasteiger partial charge >= 0.3 is 16.3 Å². The Hall–Kier alpha value is -0.340. The summed E-state index contributed by atoms with van der Waals surface area (Å²) in [6.45, 7) is 0.350. The van der Waals surface area contributed by atoms with E-state index < -0.39 is 16.3 Å². The highest BCUT2D eigenvalue weighted by atomic mass is 79.9. The maximum Gasteiger partial charge on any atom is 0.421 e. The van der Waals surface area contributed by atoms with Crippen LogP contribution in [0, 0.1) is 11.8 Å². The Morgan fingerprint density at radius 2 is 1.94 bits per heavy atom. The van der Waals surface area contributed by atoms with E-state index in [1.807, 2.05) is 0 Å². The number of hydrogen-bond donors (Lipinski definition) is 2. The van der Waals surface area contributed by atoms with Crippen LogP contribution in [0.2, 0.25) is 0 Å². The van der Waals surface area contributed by atoms with Crippen LogP contribution in [0.3, 0.4) is 0 Å². The summed E-state index contributed by atoms with van der Waals surface area (Å²) in [5.74, 6) is 0.798. The molecule has 1 aliphatic rings. The monoisotopic (exact) mass is 342 g/mol. The van der Waals surface area contributed by atoms with Gasteiger partial charge in [-0.25, -0.2) is 9.52 Å². The third kappa shape index (κ3) is 5.11. The van der Waals surface area contributed by atoms with Crippen LogP contribution in [0.1, 0.15) is 25.7 Å². The molecular formula is C10H19BrN2O4S. The van der Waals surface area contributed by atoms with Gasteiger partial charge in [-0.2, -0.15) is 13.1 Å². The molecule has 2 N–H and O–H groups in total. The van der Waals surface area contributed by atoms with Gasteiger partial charge in [0.05, 0.1) is 7.11 Å². The van der Waals surface area contributed by atoms with Crippen LogP contribution in [-0.2, 0) is 14.9 Å². The minimum absolute atomic E-state index is 0.312. The van der Waals surface area contributed by atoms with Crippen molar-refractivity contribution in [1.82, 2.24) is 9.44 Å². The van der Waals surface area contributed by atoms with Crippen LogP contribution in [0.15, 0.2) is 0 Å². The number of hydrogen-bond acceptors (Lipinski definition) is 4. The molecule has 2 atom stereocenters. The number of rotatable bonds is 5. The molecule has 0 bridgehead atoms. The molecular weight excluding hydrogens is 324 g/mol. The summed E-state index contributed by atoms with van der Waals surface area (Å²) in [6.07, 6.45) is 3.46. The van der Waals surface area contributed by atoms with E-state index in [-0.39, 0.29) is 0 Å². The largest absolute Gasteiger partial charge is 0.452 e. The lowest BCUT2D eigenvalue weighted by Gasteiger charge is -2.30. The van der Waals surface area contributed by atoms with Crippen molar-refractivity contribution in [1.29, 1.82) is 0 Å². The molecule has 1 saturated carbocycles. The van der Waals surface area contributed by atoms with Crippen molar-refractivity contribution in [2.75, 3.05) is 19.0 Å². The van der Waals surface area contributed by atoms with E-state index in [1.165, 1.54) is 6.42 Å². The zero-order chi connectivity index (χ0) is 13.6. The molecule has 0 radical (unpaired) electrons. The molecule has 1 fully saturated rings. The Balaban J connectivity index is 2.45. The maximum atomic E-state index is 11.5. The summed E-state index contributed by atoms with van der Waals surface area (Å²) < 4.78 is 31.4. The van der Waals surface area contributed by atoms with Gasteiger partial charge in [0, 0.05) is 11.9 Å². The van der Waals surface area contributed by atoms with E-state index in [1.54, 1.807) is 4.72 Å². The van der Waals surface area contributed by atoms with Crippen molar-refractivity contribution in [2.45, 2.75) is 25.7 Å². The van der Waals surface area contributed by atoms with Gasteiger partial charge in [-0.3, -0.25) is 0 Å². The smallest absolute Gasteiger partial charge is 0.421 e. The molecule has 0 aromatic heterocycles. The lowest BCUT2D eigenvalue weighted by atomic mass is 9.80. The van der Waals surface area contributed by atoms with Crippen LogP contribution in [-0.4, -0.2) is 33.5 Å². The molecule has 0 aromatic carbocycles. The number of ether oxygens (including phenoxy) is 1. The maximum absolute atomic E-state index is 11.5. The summed E-state index contributed by atoms with van der Waals surface area (Å²) in [5.41, 5.74) is 0. The highest BCUT2D eigenvalue weighted by molar-refractivity contribution is 9.09. The zero-order valence-electron chi connectivity index (χ0n) is 10.3. The van der Waals surface area contributed by atoms with Crippen molar-refractivity contribution in [3.05, 3.63) is 0 Å². The lowest BCUT2D eigenvalue weighted by Crippen LogP contribution is -2.43. The fraction of sp³-hybridized carbons (Fsp3) is 0.900. The van der Waals surface area contributed by atoms with Crippen LogP contribution >= 0.6 is 15.9 Å². The summed E-state index contributed by atoms with van der Waals surface area (Å²) >= 11 is 3.46. The third-order valence-electron chi connectivity index (χ3n) is 3.20. The summed E-state index contributed by atoms with van der Waals surface area (Å²) in [5, 5.41) is 0.879. The van der Waals surface area contributed by atoms with Gasteiger partial charge < -0.3 is 4.74 Å². The van der Waals surface area contributed by atoms with Gasteiger partial charge in [0.25, 0.3) is 0 Å². The number of carbonyl (C=O) groups excluding carboxylic acids is 1. The zero-order valence-corrected chi connectivity index (χ0v) is 12.7. The van der Waals surface area contributed by atoms with E-state index in [2.05, 4.69) is 25.4 Å². The van der Waals surface area contributed by atoms with E-state index in [4.69, 9.17) is 0 Å². The number of nitrogens with one attached hydrogen (secondary N) is 2. The number of carbonyl (C=O) groups is 1. The Kier molecular flexibility index (Phi) is 6.37. The molecule has 1 rings (SSSR count). The predicted octanol–water partition coefficient (Wildman–Crippen LogP) is 1.38. The molecule has 18 heavy (non-hydrogen) atoms. The van der Waals surface area contributed by atoms with Gasteiger partial charge in [0.15, 0.2) is 0 Å². The second kappa shape index (κ2) is 7.30. The summed E-state index contributed by atoms with van der Waals surface area (Å²) in [6, 6.07) is 0. The normalized spacial score (nSPS) is 24.6. The molecule has 0 saturated heterocycles.